The van der Waals surface area contributed by atoms with Crippen LogP contribution in [0.2, 0.25) is 0 Å². The maximum absolute atomic E-state index is 12.7. The molecule has 1 heterocycles. The Labute approximate surface area is 80.7 Å². The molecule has 0 saturated heterocycles. The maximum atomic E-state index is 12.7. The lowest BCUT2D eigenvalue weighted by Gasteiger charge is -2.06. The van der Waals surface area contributed by atoms with Crippen molar-refractivity contribution in [3.05, 3.63) is 23.6 Å². The van der Waals surface area contributed by atoms with Gasteiger partial charge in [-0.3, -0.25) is 0 Å². The molecule has 0 amide bonds. The molecule has 5 heteroatoms. The van der Waals surface area contributed by atoms with Gasteiger partial charge in [-0.15, -0.1) is 0 Å². The molecule has 1 aromatic rings. The van der Waals surface area contributed by atoms with Crippen LogP contribution in [0.1, 0.15) is 17.3 Å². The summed E-state index contributed by atoms with van der Waals surface area (Å²) in [4.78, 5) is 14.6. The standard InChI is InChI=1S/C9H10FNO3/c1-3-14-8-6(9(12)13-2)4-5-7(10)11-8/h4-5H,3H2,1-2H3. The van der Waals surface area contributed by atoms with E-state index in [0.29, 0.717) is 6.61 Å². The number of nitrogens with zero attached hydrogens (tertiary/aromatic N) is 1. The van der Waals surface area contributed by atoms with Crippen LogP contribution < -0.4 is 4.74 Å². The average Bonchev–Trinajstić information content (AvgIpc) is 2.17. The van der Waals surface area contributed by atoms with E-state index >= 15 is 0 Å². The molecule has 0 N–H and O–H groups in total. The second kappa shape index (κ2) is 4.55. The van der Waals surface area contributed by atoms with Gasteiger partial charge in [-0.05, 0) is 19.1 Å². The Morgan fingerprint density at radius 1 is 1.57 bits per heavy atom. The quantitative estimate of drug-likeness (QED) is 0.545. The summed E-state index contributed by atoms with van der Waals surface area (Å²) in [6, 6.07) is 2.36. The molecule has 0 aliphatic rings. The minimum absolute atomic E-state index is 0.0423. The van der Waals surface area contributed by atoms with Crippen LogP contribution in [0.15, 0.2) is 12.1 Å². The third kappa shape index (κ3) is 2.18. The van der Waals surface area contributed by atoms with Crippen molar-refractivity contribution in [2.24, 2.45) is 0 Å². The van der Waals surface area contributed by atoms with Crippen LogP contribution in [0.3, 0.4) is 0 Å². The first kappa shape index (κ1) is 10.4. The van der Waals surface area contributed by atoms with E-state index < -0.39 is 11.9 Å². The number of esters is 1. The van der Waals surface area contributed by atoms with E-state index in [1.807, 2.05) is 0 Å². The van der Waals surface area contributed by atoms with Crippen LogP contribution in [0.5, 0.6) is 5.88 Å². The number of pyridine rings is 1. The highest BCUT2D eigenvalue weighted by Crippen LogP contribution is 2.16. The molecule has 1 rings (SSSR count). The van der Waals surface area contributed by atoms with Gasteiger partial charge in [0.15, 0.2) is 0 Å². The molecule has 76 valence electrons. The smallest absolute Gasteiger partial charge is 0.343 e. The molecule has 4 nitrogen and oxygen atoms in total. The van der Waals surface area contributed by atoms with Crippen LogP contribution in [0.4, 0.5) is 4.39 Å². The minimum Gasteiger partial charge on any atom is -0.477 e. The van der Waals surface area contributed by atoms with Crippen LogP contribution in [0.25, 0.3) is 0 Å². The summed E-state index contributed by atoms with van der Waals surface area (Å²) >= 11 is 0. The Kier molecular flexibility index (Phi) is 3.39. The number of hydrogen-bond acceptors (Lipinski definition) is 4. The molecule has 14 heavy (non-hydrogen) atoms. The molecule has 0 atom stereocenters. The van der Waals surface area contributed by atoms with Crippen molar-refractivity contribution < 1.29 is 18.7 Å². The summed E-state index contributed by atoms with van der Waals surface area (Å²) in [6.07, 6.45) is 0. The number of carbonyl (C=O) groups is 1. The van der Waals surface area contributed by atoms with Crippen molar-refractivity contribution >= 4 is 5.97 Å². The number of ether oxygens (including phenoxy) is 2. The monoisotopic (exact) mass is 199 g/mol. The normalized spacial score (nSPS) is 9.64. The Hall–Kier alpha value is -1.65. The van der Waals surface area contributed by atoms with Crippen LogP contribution in [-0.2, 0) is 4.74 Å². The zero-order valence-corrected chi connectivity index (χ0v) is 7.91. The summed E-state index contributed by atoms with van der Waals surface area (Å²) < 4.78 is 22.2. The van der Waals surface area contributed by atoms with Crippen molar-refractivity contribution in [2.45, 2.75) is 6.92 Å². The van der Waals surface area contributed by atoms with Crippen molar-refractivity contribution in [1.82, 2.24) is 4.98 Å². The molecule has 0 radical (unpaired) electrons. The van der Waals surface area contributed by atoms with Gasteiger partial charge in [0.1, 0.15) is 5.56 Å². The highest BCUT2D eigenvalue weighted by Gasteiger charge is 2.14. The topological polar surface area (TPSA) is 48.4 Å². The van der Waals surface area contributed by atoms with E-state index in [-0.39, 0.29) is 11.4 Å². The zero-order chi connectivity index (χ0) is 10.6. The van der Waals surface area contributed by atoms with Gasteiger partial charge in [0.25, 0.3) is 0 Å². The van der Waals surface area contributed by atoms with Crippen molar-refractivity contribution in [1.29, 1.82) is 0 Å². The summed E-state index contributed by atoms with van der Waals surface area (Å²) in [5.74, 6) is -1.33. The fourth-order valence-corrected chi connectivity index (χ4v) is 0.930. The van der Waals surface area contributed by atoms with Gasteiger partial charge in [-0.1, -0.05) is 0 Å². The fraction of sp³-hybridized carbons (Fsp3) is 0.333. The lowest BCUT2D eigenvalue weighted by Crippen LogP contribution is -2.07. The molecular formula is C9H10FNO3. The van der Waals surface area contributed by atoms with Crippen LogP contribution in [0, 0.1) is 5.95 Å². The molecule has 0 aromatic carbocycles. The van der Waals surface area contributed by atoms with Gasteiger partial charge in [0.2, 0.25) is 11.8 Å². The number of rotatable bonds is 3. The minimum atomic E-state index is -0.693. The van der Waals surface area contributed by atoms with Gasteiger partial charge in [0.05, 0.1) is 13.7 Å². The predicted octanol–water partition coefficient (Wildman–Crippen LogP) is 1.41. The van der Waals surface area contributed by atoms with E-state index in [1.165, 1.54) is 13.2 Å². The number of halogens is 1. The first-order valence-corrected chi connectivity index (χ1v) is 4.06. The molecule has 0 unspecified atom stereocenters. The van der Waals surface area contributed by atoms with Crippen molar-refractivity contribution in [3.63, 3.8) is 0 Å². The molecule has 0 saturated carbocycles. The molecule has 0 spiro atoms. The summed E-state index contributed by atoms with van der Waals surface area (Å²) in [7, 11) is 1.24. The highest BCUT2D eigenvalue weighted by molar-refractivity contribution is 5.91. The second-order valence-electron chi connectivity index (χ2n) is 2.41. The number of methoxy groups -OCH3 is 1. The van der Waals surface area contributed by atoms with E-state index in [9.17, 15) is 9.18 Å². The van der Waals surface area contributed by atoms with Gasteiger partial charge >= 0.3 is 5.97 Å². The Morgan fingerprint density at radius 2 is 2.29 bits per heavy atom. The number of aromatic nitrogens is 1. The summed E-state index contributed by atoms with van der Waals surface area (Å²) in [5, 5.41) is 0. The third-order valence-corrected chi connectivity index (χ3v) is 1.51. The molecule has 0 aliphatic heterocycles. The zero-order valence-electron chi connectivity index (χ0n) is 7.91. The van der Waals surface area contributed by atoms with Crippen molar-refractivity contribution in [2.75, 3.05) is 13.7 Å². The van der Waals surface area contributed by atoms with Gasteiger partial charge in [-0.2, -0.15) is 9.37 Å². The third-order valence-electron chi connectivity index (χ3n) is 1.51. The van der Waals surface area contributed by atoms with E-state index in [1.54, 1.807) is 6.92 Å². The number of hydrogen-bond donors (Lipinski definition) is 0. The largest absolute Gasteiger partial charge is 0.477 e. The van der Waals surface area contributed by atoms with Crippen molar-refractivity contribution in [3.8, 4) is 5.88 Å². The molecule has 0 fully saturated rings. The van der Waals surface area contributed by atoms with Gasteiger partial charge < -0.3 is 9.47 Å². The van der Waals surface area contributed by atoms with E-state index in [4.69, 9.17) is 4.74 Å². The van der Waals surface area contributed by atoms with Gasteiger partial charge in [-0.25, -0.2) is 4.79 Å². The molecule has 0 bridgehead atoms. The average molecular weight is 199 g/mol. The predicted molar refractivity (Wildman–Crippen MR) is 46.7 cm³/mol. The fourth-order valence-electron chi connectivity index (χ4n) is 0.930. The summed E-state index contributed by atoms with van der Waals surface area (Å²) in [6.45, 7) is 2.02. The second-order valence-corrected chi connectivity index (χ2v) is 2.41. The Balaban J connectivity index is 3.07. The lowest BCUT2D eigenvalue weighted by molar-refractivity contribution is 0.0595. The molecular weight excluding hydrogens is 189 g/mol. The lowest BCUT2D eigenvalue weighted by atomic mass is 10.3. The SMILES string of the molecule is CCOc1nc(F)ccc1C(=O)OC. The number of carbonyl (C=O) groups excluding carboxylic acids is 1. The molecule has 1 aromatic heterocycles. The highest BCUT2D eigenvalue weighted by atomic mass is 19.1. The first-order valence-electron chi connectivity index (χ1n) is 4.06. The molecule has 0 aliphatic carbocycles. The van der Waals surface area contributed by atoms with E-state index in [0.717, 1.165) is 6.07 Å². The summed E-state index contributed by atoms with van der Waals surface area (Å²) in [5.41, 5.74) is 0.121. The first-order chi connectivity index (χ1) is 6.69. The Bertz CT molecular complexity index is 341. The van der Waals surface area contributed by atoms with Gasteiger partial charge in [0, 0.05) is 0 Å². The Morgan fingerprint density at radius 3 is 2.86 bits per heavy atom. The van der Waals surface area contributed by atoms with E-state index in [2.05, 4.69) is 9.72 Å². The van der Waals surface area contributed by atoms with Crippen LogP contribution in [-0.4, -0.2) is 24.7 Å². The van der Waals surface area contributed by atoms with Crippen LogP contribution >= 0.6 is 0 Å². The maximum Gasteiger partial charge on any atom is 0.343 e.